The van der Waals surface area contributed by atoms with E-state index in [4.69, 9.17) is 21.3 Å². The number of piperidine rings is 1. The lowest BCUT2D eigenvalue weighted by molar-refractivity contribution is 0.185. The largest absolute Gasteiger partial charge is 0.465 e. The number of halogens is 1. The van der Waals surface area contributed by atoms with E-state index in [-0.39, 0.29) is 11.6 Å². The molecule has 0 spiro atoms. The number of benzene rings is 2. The molecule has 0 aliphatic carbocycles. The summed E-state index contributed by atoms with van der Waals surface area (Å²) in [5.74, 6) is 0.632. The Balaban J connectivity index is 1.73. The van der Waals surface area contributed by atoms with Crippen molar-refractivity contribution in [2.75, 3.05) is 25.1 Å². The molecule has 1 saturated heterocycles. The van der Waals surface area contributed by atoms with Gasteiger partial charge in [0.1, 0.15) is 11.0 Å². The Hall–Kier alpha value is -3.56. The highest BCUT2D eigenvalue weighted by molar-refractivity contribution is 6.31. The number of rotatable bonds is 6. The molecular formula is C26H28ClN5O4. The number of nitrogens with zero attached hydrogens (tertiary/aromatic N) is 4. The molecule has 0 unspecified atom stereocenters. The van der Waals surface area contributed by atoms with Crippen LogP contribution < -0.4 is 15.8 Å². The first-order chi connectivity index (χ1) is 17.4. The van der Waals surface area contributed by atoms with Crippen molar-refractivity contribution in [2.24, 2.45) is 7.05 Å². The molecule has 0 radical (unpaired) electrons. The fraction of sp³-hybridized carbons (Fsp3) is 0.346. The van der Waals surface area contributed by atoms with E-state index in [2.05, 4.69) is 10.2 Å². The molecular weight excluding hydrogens is 482 g/mol. The first-order valence-corrected chi connectivity index (χ1v) is 12.2. The molecule has 1 fully saturated rings. The van der Waals surface area contributed by atoms with Crippen LogP contribution in [-0.2, 0) is 24.9 Å². The Labute approximate surface area is 212 Å². The van der Waals surface area contributed by atoms with Crippen molar-refractivity contribution in [3.05, 3.63) is 69.0 Å². The molecule has 9 nitrogen and oxygen atoms in total. The number of hydrogen-bond donors (Lipinski definition) is 2. The summed E-state index contributed by atoms with van der Waals surface area (Å²) in [6.07, 6.45) is 0.512. The Morgan fingerprint density at radius 3 is 2.83 bits per heavy atom. The predicted molar refractivity (Wildman–Crippen MR) is 140 cm³/mol. The second-order valence-corrected chi connectivity index (χ2v) is 9.58. The zero-order valence-corrected chi connectivity index (χ0v) is 21.0. The molecule has 0 bridgehead atoms. The quantitative estimate of drug-likeness (QED) is 0.408. The van der Waals surface area contributed by atoms with E-state index in [1.807, 2.05) is 47.0 Å². The molecule has 10 heteroatoms. The van der Waals surface area contributed by atoms with Crippen LogP contribution in [0.4, 0.5) is 10.7 Å². The molecule has 3 heterocycles. The summed E-state index contributed by atoms with van der Waals surface area (Å²) < 4.78 is 8.85. The number of anilines is 1. The van der Waals surface area contributed by atoms with Gasteiger partial charge in [-0.15, -0.1) is 0 Å². The molecule has 1 aliphatic heterocycles. The summed E-state index contributed by atoms with van der Waals surface area (Å²) in [7, 11) is 3.40. The number of ether oxygens (including phenoxy) is 1. The van der Waals surface area contributed by atoms with Crippen molar-refractivity contribution in [1.82, 2.24) is 19.4 Å². The normalized spacial score (nSPS) is 16.1. The van der Waals surface area contributed by atoms with Crippen LogP contribution in [0.15, 0.2) is 47.3 Å². The third kappa shape index (κ3) is 4.40. The highest BCUT2D eigenvalue weighted by Crippen LogP contribution is 2.31. The van der Waals surface area contributed by atoms with Crippen LogP contribution >= 0.6 is 11.6 Å². The van der Waals surface area contributed by atoms with Gasteiger partial charge in [-0.1, -0.05) is 41.9 Å². The Morgan fingerprint density at radius 2 is 2.08 bits per heavy atom. The summed E-state index contributed by atoms with van der Waals surface area (Å²) in [4.78, 5) is 32.1. The fourth-order valence-electron chi connectivity index (χ4n) is 5.06. The maximum Gasteiger partial charge on any atom is 0.404 e. The van der Waals surface area contributed by atoms with Gasteiger partial charge in [-0.25, -0.2) is 9.78 Å². The molecule has 4 aromatic rings. The van der Waals surface area contributed by atoms with Crippen molar-refractivity contribution in [2.45, 2.75) is 32.0 Å². The second kappa shape index (κ2) is 9.83. The van der Waals surface area contributed by atoms with Gasteiger partial charge in [0.2, 0.25) is 5.95 Å². The van der Waals surface area contributed by atoms with E-state index in [9.17, 15) is 14.7 Å². The van der Waals surface area contributed by atoms with Gasteiger partial charge in [0.15, 0.2) is 0 Å². The van der Waals surface area contributed by atoms with E-state index in [1.54, 1.807) is 18.7 Å². The van der Waals surface area contributed by atoms with Gasteiger partial charge in [-0.3, -0.25) is 4.79 Å². The van der Waals surface area contributed by atoms with Crippen molar-refractivity contribution < 1.29 is 14.6 Å². The molecule has 1 amide bonds. The number of imidazole rings is 1. The summed E-state index contributed by atoms with van der Waals surface area (Å²) in [5.41, 5.74) is 3.57. The zero-order valence-electron chi connectivity index (χ0n) is 20.2. The smallest absolute Gasteiger partial charge is 0.404 e. The third-order valence-electron chi connectivity index (χ3n) is 6.76. The molecule has 1 atom stereocenters. The fourth-order valence-corrected chi connectivity index (χ4v) is 5.26. The average molecular weight is 510 g/mol. The number of aryl methyl sites for hydroxylation is 1. The van der Waals surface area contributed by atoms with Crippen LogP contribution in [0.1, 0.15) is 24.0 Å². The third-order valence-corrected chi connectivity index (χ3v) is 7.13. The average Bonchev–Trinajstić information content (AvgIpc) is 3.23. The zero-order chi connectivity index (χ0) is 25.4. The lowest BCUT2D eigenvalue weighted by Gasteiger charge is -2.33. The van der Waals surface area contributed by atoms with Gasteiger partial charge in [-0.2, -0.15) is 0 Å². The van der Waals surface area contributed by atoms with E-state index < -0.39 is 6.09 Å². The van der Waals surface area contributed by atoms with Crippen LogP contribution in [0.3, 0.4) is 0 Å². The van der Waals surface area contributed by atoms with E-state index in [0.29, 0.717) is 48.2 Å². The molecule has 0 saturated carbocycles. The van der Waals surface area contributed by atoms with Crippen molar-refractivity contribution >= 4 is 45.6 Å². The van der Waals surface area contributed by atoms with Crippen LogP contribution in [0.25, 0.3) is 21.9 Å². The van der Waals surface area contributed by atoms with Gasteiger partial charge < -0.3 is 29.2 Å². The summed E-state index contributed by atoms with van der Waals surface area (Å²) in [5, 5.41) is 13.3. The van der Waals surface area contributed by atoms with Crippen molar-refractivity contribution in [1.29, 1.82) is 0 Å². The van der Waals surface area contributed by atoms with Crippen molar-refractivity contribution in [3.63, 3.8) is 0 Å². The molecule has 188 valence electrons. The van der Waals surface area contributed by atoms with Gasteiger partial charge in [0.05, 0.1) is 18.7 Å². The minimum Gasteiger partial charge on any atom is -0.465 e. The van der Waals surface area contributed by atoms with Crippen LogP contribution in [-0.4, -0.2) is 51.6 Å². The number of aromatic nitrogens is 3. The maximum absolute atomic E-state index is 13.7. The van der Waals surface area contributed by atoms with Gasteiger partial charge in [-0.05, 0) is 36.1 Å². The van der Waals surface area contributed by atoms with Gasteiger partial charge in [0.25, 0.3) is 5.56 Å². The Morgan fingerprint density at radius 1 is 1.28 bits per heavy atom. The maximum atomic E-state index is 13.7. The Bertz CT molecular complexity index is 1510. The molecule has 2 aromatic carbocycles. The molecule has 5 rings (SSSR count). The minimum atomic E-state index is -1.04. The van der Waals surface area contributed by atoms with Gasteiger partial charge >= 0.3 is 6.09 Å². The first kappa shape index (κ1) is 24.1. The lowest BCUT2D eigenvalue weighted by Crippen LogP contribution is -2.48. The number of methoxy groups -OCH3 is 1. The van der Waals surface area contributed by atoms with E-state index >= 15 is 0 Å². The van der Waals surface area contributed by atoms with E-state index in [0.717, 1.165) is 34.9 Å². The number of carboxylic acid groups (broad SMARTS) is 1. The lowest BCUT2D eigenvalue weighted by atomic mass is 10.1. The highest BCUT2D eigenvalue weighted by Gasteiger charge is 2.28. The van der Waals surface area contributed by atoms with Crippen LogP contribution in [0, 0.1) is 0 Å². The van der Waals surface area contributed by atoms with Crippen LogP contribution in [0.5, 0.6) is 0 Å². The molecule has 36 heavy (non-hydrogen) atoms. The van der Waals surface area contributed by atoms with E-state index in [1.165, 1.54) is 0 Å². The number of pyridine rings is 1. The second-order valence-electron chi connectivity index (χ2n) is 9.17. The number of fused-ring (bicyclic) bond motifs is 3. The summed E-state index contributed by atoms with van der Waals surface area (Å²) >= 11 is 6.51. The van der Waals surface area contributed by atoms with Crippen LogP contribution in [0.2, 0.25) is 5.02 Å². The summed E-state index contributed by atoms with van der Waals surface area (Å²) in [6, 6.07) is 13.2. The first-order valence-electron chi connectivity index (χ1n) is 11.9. The van der Waals surface area contributed by atoms with Crippen molar-refractivity contribution in [3.8, 4) is 0 Å². The van der Waals surface area contributed by atoms with Gasteiger partial charge in [0, 0.05) is 43.7 Å². The molecule has 2 aromatic heterocycles. The molecule has 1 aliphatic rings. The monoisotopic (exact) mass is 509 g/mol. The highest BCUT2D eigenvalue weighted by atomic mass is 35.5. The molecule has 2 N–H and O–H groups in total. The number of hydrogen-bond acceptors (Lipinski definition) is 5. The standard InChI is InChI=1S/C26H28ClN5O4/c1-30-21-12-16(15-36-2)9-10-19(21)22-23(24(30)33)32(13-17-6-3-4-8-20(17)27)25(29-22)31-11-5-7-18(14-31)28-26(34)35/h3-4,6,8-10,12,18,28H,5,7,11,13-15H2,1-2H3,(H,34,35)/t18-/m1/s1. The SMILES string of the molecule is COCc1ccc2c3nc(N4CCC[C@@H](NC(=O)O)C4)n(Cc4ccccc4Cl)c3c(=O)n(C)c2c1. The Kier molecular flexibility index (Phi) is 6.59. The predicted octanol–water partition coefficient (Wildman–Crippen LogP) is 3.97. The number of amides is 1. The minimum absolute atomic E-state index is 0.157. The number of carbonyl (C=O) groups is 1. The topological polar surface area (TPSA) is 102 Å². The number of nitrogens with one attached hydrogen (secondary N) is 1. The summed E-state index contributed by atoms with van der Waals surface area (Å²) in [6.45, 7) is 1.98.